The molecule has 5 heteroatoms. The molecule has 18 heavy (non-hydrogen) atoms. The maximum atomic E-state index is 11.1. The van der Waals surface area contributed by atoms with Crippen molar-refractivity contribution in [3.05, 3.63) is 46.2 Å². The van der Waals surface area contributed by atoms with E-state index in [4.69, 9.17) is 16.7 Å². The minimum atomic E-state index is -0.960. The average molecular weight is 265 g/mol. The fraction of sp³-hybridized carbons (Fsp3) is 0.231. The van der Waals surface area contributed by atoms with Crippen LogP contribution >= 0.6 is 11.6 Å². The van der Waals surface area contributed by atoms with Gasteiger partial charge in [-0.3, -0.25) is 0 Å². The molecule has 0 atom stereocenters. The third-order valence-electron chi connectivity index (χ3n) is 2.90. The van der Waals surface area contributed by atoms with E-state index in [0.717, 1.165) is 11.3 Å². The monoisotopic (exact) mass is 264 g/mol. The molecule has 0 saturated carbocycles. The summed E-state index contributed by atoms with van der Waals surface area (Å²) in [5.74, 6) is -0.960. The molecule has 0 amide bonds. The Morgan fingerprint density at radius 1 is 1.50 bits per heavy atom. The maximum Gasteiger partial charge on any atom is 0.339 e. The standard InChI is InChI=1S/C13H13ClN2O2/c1-3-11-9(13(17)18)7-15-16(11)12-6-4-5-10(14)8(12)2/h4-7H,3H2,1-2H3,(H,17,18). The largest absolute Gasteiger partial charge is 0.478 e. The fourth-order valence-corrected chi connectivity index (χ4v) is 2.10. The van der Waals surface area contributed by atoms with E-state index < -0.39 is 5.97 Å². The minimum Gasteiger partial charge on any atom is -0.478 e. The van der Waals surface area contributed by atoms with Crippen LogP contribution in [0, 0.1) is 6.92 Å². The van der Waals surface area contributed by atoms with Crippen molar-refractivity contribution < 1.29 is 9.90 Å². The Bertz CT molecular complexity index is 605. The van der Waals surface area contributed by atoms with E-state index in [1.165, 1.54) is 6.20 Å². The highest BCUT2D eigenvalue weighted by Gasteiger charge is 2.17. The van der Waals surface area contributed by atoms with Gasteiger partial charge in [-0.1, -0.05) is 24.6 Å². The number of aromatic carboxylic acids is 1. The molecule has 94 valence electrons. The molecule has 4 nitrogen and oxygen atoms in total. The first-order valence-electron chi connectivity index (χ1n) is 5.62. The number of aromatic nitrogens is 2. The third kappa shape index (κ3) is 1.99. The predicted octanol–water partition coefficient (Wildman–Crippen LogP) is 3.09. The molecule has 2 aromatic rings. The van der Waals surface area contributed by atoms with E-state index in [9.17, 15) is 4.79 Å². The lowest BCUT2D eigenvalue weighted by molar-refractivity contribution is 0.0695. The predicted molar refractivity (Wildman–Crippen MR) is 69.6 cm³/mol. The molecule has 0 unspecified atom stereocenters. The molecular formula is C13H13ClN2O2. The molecule has 2 rings (SSSR count). The number of hydrogen-bond donors (Lipinski definition) is 1. The smallest absolute Gasteiger partial charge is 0.339 e. The highest BCUT2D eigenvalue weighted by molar-refractivity contribution is 6.31. The Kier molecular flexibility index (Phi) is 3.39. The number of nitrogens with zero attached hydrogens (tertiary/aromatic N) is 2. The number of carboxylic acids is 1. The van der Waals surface area contributed by atoms with Gasteiger partial charge in [-0.2, -0.15) is 5.10 Å². The van der Waals surface area contributed by atoms with Crippen molar-refractivity contribution in [1.82, 2.24) is 9.78 Å². The Labute approximate surface area is 110 Å². The first kappa shape index (κ1) is 12.6. The summed E-state index contributed by atoms with van der Waals surface area (Å²) in [5.41, 5.74) is 2.60. The second-order valence-corrected chi connectivity index (χ2v) is 4.37. The fourth-order valence-electron chi connectivity index (χ4n) is 1.93. The zero-order valence-corrected chi connectivity index (χ0v) is 10.9. The van der Waals surface area contributed by atoms with Gasteiger partial charge in [0.2, 0.25) is 0 Å². The van der Waals surface area contributed by atoms with Crippen molar-refractivity contribution in [1.29, 1.82) is 0 Å². The highest BCUT2D eigenvalue weighted by atomic mass is 35.5. The first-order chi connectivity index (χ1) is 8.56. The SMILES string of the molecule is CCc1c(C(=O)O)cnn1-c1cccc(Cl)c1C. The van der Waals surface area contributed by atoms with Gasteiger partial charge in [-0.05, 0) is 31.0 Å². The van der Waals surface area contributed by atoms with Crippen molar-refractivity contribution in [2.24, 2.45) is 0 Å². The number of benzene rings is 1. The molecule has 0 aliphatic heterocycles. The van der Waals surface area contributed by atoms with Gasteiger partial charge in [0.15, 0.2) is 0 Å². The molecule has 0 spiro atoms. The molecule has 0 bridgehead atoms. The molecule has 0 radical (unpaired) electrons. The Hall–Kier alpha value is -1.81. The van der Waals surface area contributed by atoms with Crippen molar-refractivity contribution >= 4 is 17.6 Å². The zero-order chi connectivity index (χ0) is 13.3. The van der Waals surface area contributed by atoms with Crippen LogP contribution in [0.4, 0.5) is 0 Å². The van der Waals surface area contributed by atoms with Gasteiger partial charge >= 0.3 is 5.97 Å². The van der Waals surface area contributed by atoms with Crippen LogP contribution < -0.4 is 0 Å². The zero-order valence-electron chi connectivity index (χ0n) is 10.1. The highest BCUT2D eigenvalue weighted by Crippen LogP contribution is 2.24. The summed E-state index contributed by atoms with van der Waals surface area (Å²) in [7, 11) is 0. The summed E-state index contributed by atoms with van der Waals surface area (Å²) in [6.07, 6.45) is 1.97. The van der Waals surface area contributed by atoms with Crippen LogP contribution in [0.1, 0.15) is 28.5 Å². The van der Waals surface area contributed by atoms with Crippen molar-refractivity contribution in [3.63, 3.8) is 0 Å². The van der Waals surface area contributed by atoms with Gasteiger partial charge in [-0.15, -0.1) is 0 Å². The topological polar surface area (TPSA) is 55.1 Å². The number of carboxylic acid groups (broad SMARTS) is 1. The minimum absolute atomic E-state index is 0.233. The van der Waals surface area contributed by atoms with Crippen molar-refractivity contribution in [2.75, 3.05) is 0 Å². The number of carbonyl (C=O) groups is 1. The molecular weight excluding hydrogens is 252 g/mol. The molecule has 1 N–H and O–H groups in total. The van der Waals surface area contributed by atoms with Crippen LogP contribution in [0.15, 0.2) is 24.4 Å². The molecule has 1 heterocycles. The Balaban J connectivity index is 2.65. The van der Waals surface area contributed by atoms with Crippen LogP contribution in [0.3, 0.4) is 0 Å². The van der Waals surface area contributed by atoms with Crippen LogP contribution in [0.5, 0.6) is 0 Å². The molecule has 1 aromatic carbocycles. The van der Waals surface area contributed by atoms with Crippen molar-refractivity contribution in [2.45, 2.75) is 20.3 Å². The van der Waals surface area contributed by atoms with Crippen LogP contribution in [0.2, 0.25) is 5.02 Å². The van der Waals surface area contributed by atoms with Crippen LogP contribution in [0.25, 0.3) is 5.69 Å². The van der Waals surface area contributed by atoms with Gasteiger partial charge in [0.05, 0.1) is 17.6 Å². The van der Waals surface area contributed by atoms with Crippen LogP contribution in [-0.2, 0) is 6.42 Å². The van der Waals surface area contributed by atoms with E-state index in [0.29, 0.717) is 17.1 Å². The van der Waals surface area contributed by atoms with Crippen molar-refractivity contribution in [3.8, 4) is 5.69 Å². The van der Waals surface area contributed by atoms with E-state index in [1.54, 1.807) is 10.7 Å². The average Bonchev–Trinajstić information content (AvgIpc) is 2.76. The lowest BCUT2D eigenvalue weighted by Crippen LogP contribution is -2.07. The molecule has 0 aliphatic carbocycles. The maximum absolute atomic E-state index is 11.1. The number of rotatable bonds is 3. The van der Waals surface area contributed by atoms with Gasteiger partial charge in [-0.25, -0.2) is 9.48 Å². The number of hydrogen-bond acceptors (Lipinski definition) is 2. The Morgan fingerprint density at radius 3 is 2.83 bits per heavy atom. The van der Waals surface area contributed by atoms with E-state index in [-0.39, 0.29) is 5.56 Å². The molecule has 1 aromatic heterocycles. The first-order valence-corrected chi connectivity index (χ1v) is 5.99. The van der Waals surface area contributed by atoms with E-state index >= 15 is 0 Å². The molecule has 0 fully saturated rings. The second-order valence-electron chi connectivity index (χ2n) is 3.96. The van der Waals surface area contributed by atoms with Gasteiger partial charge in [0, 0.05) is 5.02 Å². The quantitative estimate of drug-likeness (QED) is 0.927. The molecule has 0 saturated heterocycles. The van der Waals surface area contributed by atoms with Gasteiger partial charge in [0.25, 0.3) is 0 Å². The summed E-state index contributed by atoms with van der Waals surface area (Å²) >= 11 is 6.07. The third-order valence-corrected chi connectivity index (χ3v) is 3.31. The van der Waals surface area contributed by atoms with E-state index in [1.807, 2.05) is 26.0 Å². The Morgan fingerprint density at radius 2 is 2.22 bits per heavy atom. The van der Waals surface area contributed by atoms with Crippen LogP contribution in [-0.4, -0.2) is 20.9 Å². The van der Waals surface area contributed by atoms with Gasteiger partial charge < -0.3 is 5.11 Å². The van der Waals surface area contributed by atoms with Gasteiger partial charge in [0.1, 0.15) is 5.56 Å². The lowest BCUT2D eigenvalue weighted by atomic mass is 10.1. The summed E-state index contributed by atoms with van der Waals surface area (Å²) in [6, 6.07) is 5.50. The lowest BCUT2D eigenvalue weighted by Gasteiger charge is -2.10. The number of halogens is 1. The summed E-state index contributed by atoms with van der Waals surface area (Å²) in [6.45, 7) is 3.79. The molecule has 0 aliphatic rings. The summed E-state index contributed by atoms with van der Waals surface area (Å²) in [4.78, 5) is 11.1. The normalized spacial score (nSPS) is 10.6. The summed E-state index contributed by atoms with van der Waals surface area (Å²) in [5, 5.41) is 13.9. The van der Waals surface area contributed by atoms with E-state index in [2.05, 4.69) is 5.10 Å². The second kappa shape index (κ2) is 4.82. The summed E-state index contributed by atoms with van der Waals surface area (Å²) < 4.78 is 1.64.